The molecule has 0 heterocycles. The summed E-state index contributed by atoms with van der Waals surface area (Å²) in [5.41, 5.74) is 0.357. The Kier molecular flexibility index (Phi) is 4.92. The van der Waals surface area contributed by atoms with Crippen LogP contribution in [-0.2, 0) is 14.3 Å². The molecule has 0 saturated heterocycles. The highest BCUT2D eigenvalue weighted by atomic mass is 16.5. The third kappa shape index (κ3) is 3.98. The lowest BCUT2D eigenvalue weighted by molar-refractivity contribution is -0.147. The minimum atomic E-state index is -0.831. The average molecular weight is 265 g/mol. The predicted molar refractivity (Wildman–Crippen MR) is 72.1 cm³/mol. The molecule has 104 valence electrons. The zero-order valence-electron chi connectivity index (χ0n) is 11.6. The van der Waals surface area contributed by atoms with Gasteiger partial charge in [-0.15, -0.1) is 0 Å². The van der Waals surface area contributed by atoms with Gasteiger partial charge >= 0.3 is 11.9 Å². The molecule has 0 spiro atoms. The first kappa shape index (κ1) is 15.0. The Morgan fingerprint density at radius 2 is 1.79 bits per heavy atom. The van der Waals surface area contributed by atoms with Crippen molar-refractivity contribution < 1.29 is 19.1 Å². The summed E-state index contributed by atoms with van der Waals surface area (Å²) in [5, 5.41) is 3.06. The van der Waals surface area contributed by atoms with Gasteiger partial charge in [-0.05, 0) is 45.0 Å². The Labute approximate surface area is 112 Å². The summed E-state index contributed by atoms with van der Waals surface area (Å²) in [4.78, 5) is 23.0. The normalized spacial score (nSPS) is 10.7. The van der Waals surface area contributed by atoms with Gasteiger partial charge in [-0.3, -0.25) is 0 Å². The highest BCUT2D eigenvalue weighted by molar-refractivity contribution is 5.90. The van der Waals surface area contributed by atoms with Crippen molar-refractivity contribution in [2.75, 3.05) is 19.0 Å². The van der Waals surface area contributed by atoms with Crippen LogP contribution < -0.4 is 5.32 Å². The molecule has 5 nitrogen and oxygen atoms in total. The number of esters is 2. The molecule has 19 heavy (non-hydrogen) atoms. The molecule has 1 rings (SSSR count). The van der Waals surface area contributed by atoms with Crippen LogP contribution in [0, 0.1) is 0 Å². The van der Waals surface area contributed by atoms with E-state index in [0.717, 1.165) is 5.69 Å². The number of ether oxygens (including phenoxy) is 2. The lowest BCUT2D eigenvalue weighted by atomic mass is 10.1. The maximum atomic E-state index is 11.7. The highest BCUT2D eigenvalue weighted by Gasteiger charge is 2.28. The van der Waals surface area contributed by atoms with Crippen LogP contribution in [0.5, 0.6) is 0 Å². The van der Waals surface area contributed by atoms with Crippen LogP contribution in [0.3, 0.4) is 0 Å². The molecule has 0 bridgehead atoms. The minimum absolute atomic E-state index is 0.327. The topological polar surface area (TPSA) is 64.6 Å². The lowest BCUT2D eigenvalue weighted by Crippen LogP contribution is -2.41. The molecule has 0 unspecified atom stereocenters. The van der Waals surface area contributed by atoms with Gasteiger partial charge in [0.15, 0.2) is 0 Å². The Balaban J connectivity index is 2.77. The molecule has 1 aromatic carbocycles. The van der Waals surface area contributed by atoms with E-state index in [1.807, 2.05) is 0 Å². The van der Waals surface area contributed by atoms with E-state index in [2.05, 4.69) is 10.1 Å². The number of hydrogen-bond acceptors (Lipinski definition) is 5. The van der Waals surface area contributed by atoms with Gasteiger partial charge in [-0.1, -0.05) is 0 Å². The molecule has 0 aliphatic heterocycles. The summed E-state index contributed by atoms with van der Waals surface area (Å²) >= 11 is 0. The summed E-state index contributed by atoms with van der Waals surface area (Å²) < 4.78 is 9.60. The molecule has 1 aromatic rings. The number of hydrogen-bond donors (Lipinski definition) is 1. The number of anilines is 1. The molecule has 0 saturated carbocycles. The van der Waals surface area contributed by atoms with Gasteiger partial charge in [-0.2, -0.15) is 0 Å². The van der Waals surface area contributed by atoms with Crippen molar-refractivity contribution in [3.8, 4) is 0 Å². The largest absolute Gasteiger partial charge is 0.465 e. The van der Waals surface area contributed by atoms with E-state index in [0.29, 0.717) is 12.2 Å². The van der Waals surface area contributed by atoms with E-state index >= 15 is 0 Å². The number of rotatable bonds is 5. The maximum Gasteiger partial charge on any atom is 0.337 e. The van der Waals surface area contributed by atoms with E-state index in [9.17, 15) is 9.59 Å². The summed E-state index contributed by atoms with van der Waals surface area (Å²) in [5.74, 6) is -0.719. The van der Waals surface area contributed by atoms with Gasteiger partial charge in [0.1, 0.15) is 5.54 Å². The van der Waals surface area contributed by atoms with Crippen molar-refractivity contribution in [1.29, 1.82) is 0 Å². The molecule has 0 amide bonds. The maximum absolute atomic E-state index is 11.7. The average Bonchev–Trinajstić information content (AvgIpc) is 2.38. The monoisotopic (exact) mass is 265 g/mol. The minimum Gasteiger partial charge on any atom is -0.465 e. The second-order valence-corrected chi connectivity index (χ2v) is 4.54. The fourth-order valence-electron chi connectivity index (χ4n) is 1.53. The van der Waals surface area contributed by atoms with Crippen molar-refractivity contribution in [2.45, 2.75) is 26.3 Å². The van der Waals surface area contributed by atoms with Crippen molar-refractivity contribution in [3.63, 3.8) is 0 Å². The van der Waals surface area contributed by atoms with E-state index in [1.165, 1.54) is 7.11 Å². The standard InChI is InChI=1S/C14H19NO4/c1-5-19-13(17)14(2,3)15-11-8-6-10(7-9-11)12(16)18-4/h6-9,15H,5H2,1-4H3. The summed E-state index contributed by atoms with van der Waals surface area (Å²) in [6.45, 7) is 5.57. The van der Waals surface area contributed by atoms with Crippen LogP contribution >= 0.6 is 0 Å². The van der Waals surface area contributed by atoms with Crippen LogP contribution in [-0.4, -0.2) is 31.2 Å². The quantitative estimate of drug-likeness (QED) is 0.827. The van der Waals surface area contributed by atoms with Crippen LogP contribution in [0.15, 0.2) is 24.3 Å². The van der Waals surface area contributed by atoms with E-state index < -0.39 is 11.5 Å². The number of carbonyl (C=O) groups excluding carboxylic acids is 2. The molecule has 0 aliphatic rings. The zero-order chi connectivity index (χ0) is 14.5. The van der Waals surface area contributed by atoms with Crippen molar-refractivity contribution in [1.82, 2.24) is 0 Å². The first-order valence-electron chi connectivity index (χ1n) is 6.04. The van der Waals surface area contributed by atoms with Gasteiger partial charge in [0.2, 0.25) is 0 Å². The van der Waals surface area contributed by atoms with Gasteiger partial charge in [0.25, 0.3) is 0 Å². The molecule has 0 aromatic heterocycles. The Bertz CT molecular complexity index is 451. The van der Waals surface area contributed by atoms with Gasteiger partial charge < -0.3 is 14.8 Å². The molecule has 0 atom stereocenters. The molecule has 0 aliphatic carbocycles. The van der Waals surface area contributed by atoms with Crippen LogP contribution in [0.4, 0.5) is 5.69 Å². The fourth-order valence-corrected chi connectivity index (χ4v) is 1.53. The van der Waals surface area contributed by atoms with Gasteiger partial charge in [0, 0.05) is 5.69 Å². The molecular weight excluding hydrogens is 246 g/mol. The first-order valence-corrected chi connectivity index (χ1v) is 6.04. The SMILES string of the molecule is CCOC(=O)C(C)(C)Nc1ccc(C(=O)OC)cc1. The van der Waals surface area contributed by atoms with E-state index in [4.69, 9.17) is 4.74 Å². The molecule has 5 heteroatoms. The third-order valence-corrected chi connectivity index (χ3v) is 2.55. The second kappa shape index (κ2) is 6.22. The Morgan fingerprint density at radius 3 is 2.26 bits per heavy atom. The summed E-state index contributed by atoms with van der Waals surface area (Å²) in [7, 11) is 1.33. The van der Waals surface area contributed by atoms with Crippen molar-refractivity contribution in [3.05, 3.63) is 29.8 Å². The van der Waals surface area contributed by atoms with Crippen molar-refractivity contribution >= 4 is 17.6 Å². The number of methoxy groups -OCH3 is 1. The second-order valence-electron chi connectivity index (χ2n) is 4.54. The third-order valence-electron chi connectivity index (χ3n) is 2.55. The van der Waals surface area contributed by atoms with Gasteiger partial charge in [0.05, 0.1) is 19.3 Å². The number of benzene rings is 1. The molecule has 0 radical (unpaired) electrons. The van der Waals surface area contributed by atoms with E-state index in [-0.39, 0.29) is 5.97 Å². The molecule has 0 fully saturated rings. The van der Waals surface area contributed by atoms with Crippen LogP contribution in [0.25, 0.3) is 0 Å². The molecular formula is C14H19NO4. The highest BCUT2D eigenvalue weighted by Crippen LogP contribution is 2.17. The summed E-state index contributed by atoms with van der Waals surface area (Å²) in [6.07, 6.45) is 0. The summed E-state index contributed by atoms with van der Waals surface area (Å²) in [6, 6.07) is 6.70. The predicted octanol–water partition coefficient (Wildman–Crippen LogP) is 2.23. The fraction of sp³-hybridized carbons (Fsp3) is 0.429. The van der Waals surface area contributed by atoms with E-state index in [1.54, 1.807) is 45.0 Å². The lowest BCUT2D eigenvalue weighted by Gasteiger charge is -2.25. The first-order chi connectivity index (χ1) is 8.90. The van der Waals surface area contributed by atoms with Gasteiger partial charge in [-0.25, -0.2) is 9.59 Å². The Morgan fingerprint density at radius 1 is 1.21 bits per heavy atom. The number of carbonyl (C=O) groups is 2. The number of nitrogens with one attached hydrogen (secondary N) is 1. The van der Waals surface area contributed by atoms with Crippen LogP contribution in [0.1, 0.15) is 31.1 Å². The van der Waals surface area contributed by atoms with Crippen molar-refractivity contribution in [2.24, 2.45) is 0 Å². The molecule has 1 N–H and O–H groups in total. The van der Waals surface area contributed by atoms with Crippen LogP contribution in [0.2, 0.25) is 0 Å². The Hall–Kier alpha value is -2.04. The zero-order valence-corrected chi connectivity index (χ0v) is 11.6. The smallest absolute Gasteiger partial charge is 0.337 e.